The number of carbonyl (C=O) groups excluding carboxylic acids is 7. The molecule has 7 amide bonds. The third kappa shape index (κ3) is 13.0. The summed E-state index contributed by atoms with van der Waals surface area (Å²) in [5, 5.41) is 45.9. The van der Waals surface area contributed by atoms with Gasteiger partial charge in [-0.2, -0.15) is 0 Å². The van der Waals surface area contributed by atoms with Crippen LogP contribution in [0.1, 0.15) is 99.1 Å². The zero-order chi connectivity index (χ0) is 55.4. The first-order chi connectivity index (χ1) is 35.3. The van der Waals surface area contributed by atoms with Crippen LogP contribution in [0.5, 0.6) is 5.75 Å². The van der Waals surface area contributed by atoms with Crippen molar-refractivity contribution in [3.05, 3.63) is 82.1 Å². The summed E-state index contributed by atoms with van der Waals surface area (Å²) in [5.41, 5.74) is 0.535. The van der Waals surface area contributed by atoms with E-state index in [1.54, 1.807) is 26.0 Å². The van der Waals surface area contributed by atoms with E-state index in [4.69, 9.17) is 4.74 Å². The number of piperidine rings is 1. The molecule has 3 fully saturated rings. The molecule has 3 aliphatic heterocycles. The van der Waals surface area contributed by atoms with Crippen molar-refractivity contribution in [1.29, 1.82) is 0 Å². The van der Waals surface area contributed by atoms with Gasteiger partial charge in [-0.1, -0.05) is 71.0 Å². The summed E-state index contributed by atoms with van der Waals surface area (Å²) in [4.78, 5) is 118. The van der Waals surface area contributed by atoms with E-state index in [2.05, 4.69) is 25.8 Å². The minimum absolute atomic E-state index is 0.00916. The number of nitrogens with zero attached hydrogens (tertiary/aromatic N) is 5. The van der Waals surface area contributed by atoms with Crippen molar-refractivity contribution in [2.45, 2.75) is 161 Å². The number of fused-ring (bicyclic) bond motifs is 3. The highest BCUT2D eigenvalue weighted by Crippen LogP contribution is 2.37. The van der Waals surface area contributed by atoms with Gasteiger partial charge in [0, 0.05) is 56.0 Å². The Balaban J connectivity index is 1.51. The molecule has 4 heterocycles. The first-order valence-electron chi connectivity index (χ1n) is 25.8. The third-order valence-corrected chi connectivity index (χ3v) is 14.7. The highest BCUT2D eigenvalue weighted by Gasteiger charge is 2.48. The Bertz CT molecular complexity index is 2680. The van der Waals surface area contributed by atoms with Gasteiger partial charge < -0.3 is 55.5 Å². The Kier molecular flexibility index (Phi) is 18.2. The predicted molar refractivity (Wildman–Crippen MR) is 278 cm³/mol. The van der Waals surface area contributed by atoms with Crippen LogP contribution >= 0.6 is 0 Å². The molecule has 0 spiro atoms. The average molecular weight is 1040 g/mol. The number of epoxide rings is 1. The maximum atomic E-state index is 15.4. The molecule has 75 heavy (non-hydrogen) atoms. The lowest BCUT2D eigenvalue weighted by atomic mass is 9.89. The number of benzene rings is 2. The van der Waals surface area contributed by atoms with Gasteiger partial charge in [-0.3, -0.25) is 43.7 Å². The van der Waals surface area contributed by atoms with Crippen molar-refractivity contribution in [2.24, 2.45) is 17.8 Å². The Morgan fingerprint density at radius 3 is 2.03 bits per heavy atom. The molecule has 0 saturated carbocycles. The molecule has 6 N–H and O–H groups in total. The highest BCUT2D eigenvalue weighted by atomic mass is 16.6. The van der Waals surface area contributed by atoms with Crippen LogP contribution in [-0.4, -0.2) is 151 Å². The number of para-hydroxylation sites is 1. The Hall–Kier alpha value is -6.87. The summed E-state index contributed by atoms with van der Waals surface area (Å²) in [5.74, 6) is -7.06. The standard InChI is InChI=1S/C54H75N9O12/c1-12-13-17-36-46(65)58-38(26-34-27-61(54(8,9)45-28-75-45)39-18-15-14-16-35(34)39)52(71)59(10)41(21-29(2)3)48(67)57-37(24-33-19-20-44(64)40(25-33)63(73)74)47(66)55-32(7)51(70)60(11)43-23-31(6)50(69)62(53(43)72)42(22-30(4)5)49(68)56-36/h12-16,18-20,25,27,29-32,36-38,41-43,45,50,64,69H,17,21-24,26,28H2,1-11H3,(H,55,66)(H,56,68)(H,57,67)(H,58,65)/b13-12+/t31-,32+,36-,37+,38+,41-,42-,43-,45?,50+/m0/s1. The van der Waals surface area contributed by atoms with Crippen LogP contribution in [0.15, 0.2) is 60.8 Å². The molecule has 6 rings (SSSR count). The van der Waals surface area contributed by atoms with Crippen molar-refractivity contribution in [3.63, 3.8) is 0 Å². The van der Waals surface area contributed by atoms with E-state index in [1.807, 2.05) is 72.0 Å². The average Bonchev–Trinajstić information content (AvgIpc) is 4.16. The van der Waals surface area contributed by atoms with Crippen molar-refractivity contribution < 1.29 is 53.4 Å². The van der Waals surface area contributed by atoms with Gasteiger partial charge >= 0.3 is 5.69 Å². The number of carbonyl (C=O) groups is 7. The largest absolute Gasteiger partial charge is 0.502 e. The van der Waals surface area contributed by atoms with Gasteiger partial charge in [0.05, 0.1) is 17.1 Å². The van der Waals surface area contributed by atoms with E-state index in [-0.39, 0.29) is 62.0 Å². The minimum Gasteiger partial charge on any atom is -0.502 e. The van der Waals surface area contributed by atoms with Gasteiger partial charge in [0.1, 0.15) is 54.6 Å². The topological polar surface area (TPSA) is 278 Å². The number of nitro groups is 1. The molecule has 3 aliphatic rings. The third-order valence-electron chi connectivity index (χ3n) is 14.7. The molecule has 2 aromatic carbocycles. The van der Waals surface area contributed by atoms with Crippen molar-refractivity contribution in [3.8, 4) is 5.75 Å². The quantitative estimate of drug-likeness (QED) is 0.0622. The van der Waals surface area contributed by atoms with Crippen LogP contribution in [0, 0.1) is 27.9 Å². The summed E-state index contributed by atoms with van der Waals surface area (Å²) in [6.07, 6.45) is 3.36. The number of nitrogens with one attached hydrogen (secondary N) is 4. The lowest BCUT2D eigenvalue weighted by molar-refractivity contribution is -0.385. The van der Waals surface area contributed by atoms with Crippen molar-refractivity contribution >= 4 is 57.9 Å². The smallest absolute Gasteiger partial charge is 0.310 e. The highest BCUT2D eigenvalue weighted by molar-refractivity contribution is 5.99. The fourth-order valence-electron chi connectivity index (χ4n) is 10.2. The number of phenols is 1. The number of nitro benzene ring substituents is 1. The SMILES string of the molecule is C/C=C/C[C@@H]1NC(=O)[C@H](CC(C)C)N2C(=O)[C@H](C[C@H](C)[C@H]2O)N(C)C(=O)[C@@H](C)NC(=O)[C@@H](Cc2ccc(O)c([N+](=O)[O-])c2)NC(=O)[C@H](CC(C)C)N(C)C(=O)[C@@H](Cc2cn(C(C)(C)C3CO3)c3ccccc23)NC1=O. The molecule has 2 bridgehead atoms. The normalized spacial score (nSPS) is 27.1. The summed E-state index contributed by atoms with van der Waals surface area (Å²) in [6, 6.07) is 1.75. The molecule has 3 aromatic rings. The van der Waals surface area contributed by atoms with Crippen LogP contribution in [0.3, 0.4) is 0 Å². The van der Waals surface area contributed by atoms with Crippen LogP contribution < -0.4 is 21.3 Å². The molecule has 3 saturated heterocycles. The van der Waals surface area contributed by atoms with E-state index in [1.165, 1.54) is 32.0 Å². The molecule has 408 valence electrons. The molecular weight excluding hydrogens is 967 g/mol. The predicted octanol–water partition coefficient (Wildman–Crippen LogP) is 3.41. The first kappa shape index (κ1) is 57.4. The Labute approximate surface area is 437 Å². The van der Waals surface area contributed by atoms with Crippen molar-refractivity contribution in [1.82, 2.24) is 40.5 Å². The van der Waals surface area contributed by atoms with Gasteiger partial charge in [0.15, 0.2) is 5.75 Å². The second-order valence-electron chi connectivity index (χ2n) is 21.8. The number of rotatable bonds is 13. The number of aromatic hydroxyl groups is 1. The second kappa shape index (κ2) is 23.8. The maximum absolute atomic E-state index is 15.4. The monoisotopic (exact) mass is 1040 g/mol. The van der Waals surface area contributed by atoms with Gasteiger partial charge in [-0.25, -0.2) is 0 Å². The minimum atomic E-state index is -1.53. The zero-order valence-electron chi connectivity index (χ0n) is 44.9. The van der Waals surface area contributed by atoms with Crippen molar-refractivity contribution in [2.75, 3.05) is 20.7 Å². The number of aromatic nitrogens is 1. The van der Waals surface area contributed by atoms with E-state index < -0.39 is 118 Å². The number of amides is 7. The summed E-state index contributed by atoms with van der Waals surface area (Å²) < 4.78 is 7.84. The van der Waals surface area contributed by atoms with Crippen LogP contribution in [-0.2, 0) is 56.7 Å². The number of ether oxygens (including phenoxy) is 1. The number of hydrogen-bond acceptors (Lipinski definition) is 12. The molecule has 1 aromatic heterocycles. The van der Waals surface area contributed by atoms with E-state index in [0.29, 0.717) is 12.2 Å². The summed E-state index contributed by atoms with van der Waals surface area (Å²) >= 11 is 0. The summed E-state index contributed by atoms with van der Waals surface area (Å²) in [7, 11) is 2.79. The first-order valence-corrected chi connectivity index (χ1v) is 25.8. The van der Waals surface area contributed by atoms with Gasteiger partial charge in [0.2, 0.25) is 41.4 Å². The Morgan fingerprint density at radius 1 is 0.800 bits per heavy atom. The molecule has 1 unspecified atom stereocenters. The number of aliphatic hydroxyl groups excluding tert-OH is 1. The molecule has 21 heteroatoms. The van der Waals surface area contributed by atoms with Crippen LogP contribution in [0.2, 0.25) is 0 Å². The maximum Gasteiger partial charge on any atom is 0.310 e. The molecule has 0 radical (unpaired) electrons. The second-order valence-corrected chi connectivity index (χ2v) is 21.8. The lowest BCUT2D eigenvalue weighted by Crippen LogP contribution is -2.66. The molecule has 10 atom stereocenters. The van der Waals surface area contributed by atoms with Crippen LogP contribution in [0.4, 0.5) is 5.69 Å². The zero-order valence-corrected chi connectivity index (χ0v) is 44.9. The van der Waals surface area contributed by atoms with Crippen LogP contribution in [0.25, 0.3) is 10.9 Å². The summed E-state index contributed by atoms with van der Waals surface area (Å²) in [6.45, 7) is 16.8. The number of hydrogen-bond donors (Lipinski definition) is 6. The molecular formula is C54H75N9O12. The van der Waals surface area contributed by atoms with E-state index in [9.17, 15) is 49.1 Å². The number of allylic oxidation sites excluding steroid dienone is 1. The van der Waals surface area contributed by atoms with E-state index in [0.717, 1.165) is 32.8 Å². The lowest BCUT2D eigenvalue weighted by Gasteiger charge is -2.46. The van der Waals surface area contributed by atoms with E-state index >= 15 is 4.79 Å². The fourth-order valence-corrected chi connectivity index (χ4v) is 10.2. The number of phenolic OH excluding ortho intramolecular Hbond substituents is 1. The fraction of sp³-hybridized carbons (Fsp3) is 0.574. The molecule has 0 aliphatic carbocycles. The molecule has 21 nitrogen and oxygen atoms in total. The number of likely N-dealkylation sites (N-methyl/N-ethyl adjacent to an activating group) is 2. The van der Waals surface area contributed by atoms with Gasteiger partial charge in [-0.15, -0.1) is 0 Å². The number of aliphatic hydroxyl groups is 1. The van der Waals surface area contributed by atoms with Gasteiger partial charge in [-0.05, 0) is 88.5 Å². The Morgan fingerprint density at radius 2 is 1.40 bits per heavy atom. The van der Waals surface area contributed by atoms with Gasteiger partial charge in [0.25, 0.3) is 0 Å².